The third-order valence-electron chi connectivity index (χ3n) is 5.72. The zero-order chi connectivity index (χ0) is 19.7. The van der Waals surface area contributed by atoms with Crippen molar-refractivity contribution in [3.8, 4) is 0 Å². The minimum atomic E-state index is -0.0967. The summed E-state index contributed by atoms with van der Waals surface area (Å²) in [5.74, 6) is 0.155. The number of carbonyl (C=O) groups is 1. The van der Waals surface area contributed by atoms with Gasteiger partial charge in [-0.1, -0.05) is 48.5 Å². The molecule has 2 atom stereocenters. The minimum Gasteiger partial charge on any atom is -0.324 e. The number of likely N-dealkylation sites (tertiary alicyclic amines) is 1. The van der Waals surface area contributed by atoms with E-state index in [9.17, 15) is 4.79 Å². The Bertz CT molecular complexity index is 973. The predicted octanol–water partition coefficient (Wildman–Crippen LogP) is 4.69. The molecule has 2 heterocycles. The van der Waals surface area contributed by atoms with Gasteiger partial charge in [-0.05, 0) is 38.5 Å². The lowest BCUT2D eigenvalue weighted by atomic mass is 9.88. The van der Waals surface area contributed by atoms with Crippen LogP contribution in [0.15, 0.2) is 66.9 Å². The molecule has 1 fully saturated rings. The summed E-state index contributed by atoms with van der Waals surface area (Å²) >= 11 is 0. The van der Waals surface area contributed by atoms with Crippen LogP contribution in [0.1, 0.15) is 32.3 Å². The van der Waals surface area contributed by atoms with Crippen molar-refractivity contribution in [2.45, 2.75) is 32.2 Å². The first-order valence-corrected chi connectivity index (χ1v) is 9.88. The highest BCUT2D eigenvalue weighted by atomic mass is 16.2. The highest BCUT2D eigenvalue weighted by Crippen LogP contribution is 2.37. The van der Waals surface area contributed by atoms with Crippen LogP contribution in [0.4, 0.5) is 5.69 Å². The SMILES string of the molecule is CC(C)(C)N1C[C@H](C(=O)Nc2cccc3cccnc23)[C@H](c2ccccc2)C1. The Balaban J connectivity index is 1.64. The minimum absolute atomic E-state index is 0.0308. The predicted molar refractivity (Wildman–Crippen MR) is 114 cm³/mol. The Morgan fingerprint density at radius 3 is 2.50 bits per heavy atom. The van der Waals surface area contributed by atoms with E-state index in [1.54, 1.807) is 6.20 Å². The second kappa shape index (κ2) is 7.36. The summed E-state index contributed by atoms with van der Waals surface area (Å²) < 4.78 is 0. The van der Waals surface area contributed by atoms with Crippen LogP contribution < -0.4 is 5.32 Å². The van der Waals surface area contributed by atoms with Gasteiger partial charge in [-0.3, -0.25) is 14.7 Å². The zero-order valence-electron chi connectivity index (χ0n) is 16.7. The molecule has 4 nitrogen and oxygen atoms in total. The first-order valence-electron chi connectivity index (χ1n) is 9.88. The Hall–Kier alpha value is -2.72. The maximum atomic E-state index is 13.3. The van der Waals surface area contributed by atoms with Crippen LogP contribution >= 0.6 is 0 Å². The molecule has 1 aliphatic heterocycles. The number of hydrogen-bond donors (Lipinski definition) is 1. The molecule has 4 rings (SSSR count). The fourth-order valence-corrected chi connectivity index (χ4v) is 4.09. The zero-order valence-corrected chi connectivity index (χ0v) is 16.7. The summed E-state index contributed by atoms with van der Waals surface area (Å²) in [6.45, 7) is 8.28. The van der Waals surface area contributed by atoms with Crippen molar-refractivity contribution >= 4 is 22.5 Å². The molecule has 144 valence electrons. The molecule has 1 amide bonds. The first-order chi connectivity index (χ1) is 13.4. The molecule has 3 aromatic rings. The summed E-state index contributed by atoms with van der Waals surface area (Å²) in [6.07, 6.45) is 1.77. The van der Waals surface area contributed by atoms with E-state index in [0.29, 0.717) is 0 Å². The number of nitrogens with one attached hydrogen (secondary N) is 1. The average Bonchev–Trinajstić information content (AvgIpc) is 3.15. The number of nitrogens with zero attached hydrogens (tertiary/aromatic N) is 2. The summed E-state index contributed by atoms with van der Waals surface area (Å²) in [5.41, 5.74) is 2.87. The largest absolute Gasteiger partial charge is 0.324 e. The molecule has 1 aliphatic rings. The Morgan fingerprint density at radius 2 is 1.75 bits per heavy atom. The number of anilines is 1. The molecular weight excluding hydrogens is 346 g/mol. The number of hydrogen-bond acceptors (Lipinski definition) is 3. The molecule has 1 N–H and O–H groups in total. The van der Waals surface area contributed by atoms with Crippen LogP contribution in [0.3, 0.4) is 0 Å². The molecule has 0 radical (unpaired) electrons. The van der Waals surface area contributed by atoms with Gasteiger partial charge in [-0.2, -0.15) is 0 Å². The van der Waals surface area contributed by atoms with Crippen LogP contribution in [0.2, 0.25) is 0 Å². The quantitative estimate of drug-likeness (QED) is 0.724. The molecule has 4 heteroatoms. The van der Waals surface area contributed by atoms with Gasteiger partial charge in [0.25, 0.3) is 0 Å². The maximum absolute atomic E-state index is 13.3. The van der Waals surface area contributed by atoms with Crippen LogP contribution in [-0.4, -0.2) is 34.4 Å². The third kappa shape index (κ3) is 3.65. The van der Waals surface area contributed by atoms with Gasteiger partial charge < -0.3 is 5.32 Å². The van der Waals surface area contributed by atoms with Crippen molar-refractivity contribution in [1.82, 2.24) is 9.88 Å². The van der Waals surface area contributed by atoms with Crippen molar-refractivity contribution in [1.29, 1.82) is 0 Å². The molecular formula is C24H27N3O. The average molecular weight is 374 g/mol. The fourth-order valence-electron chi connectivity index (χ4n) is 4.09. The summed E-state index contributed by atoms with van der Waals surface area (Å²) in [6, 6.07) is 20.2. The van der Waals surface area contributed by atoms with E-state index >= 15 is 0 Å². The summed E-state index contributed by atoms with van der Waals surface area (Å²) in [5, 5.41) is 4.20. The van der Waals surface area contributed by atoms with E-state index in [4.69, 9.17) is 0 Å². The van der Waals surface area contributed by atoms with Gasteiger partial charge in [0, 0.05) is 36.1 Å². The van der Waals surface area contributed by atoms with E-state index in [1.165, 1.54) is 5.56 Å². The molecule has 0 spiro atoms. The maximum Gasteiger partial charge on any atom is 0.229 e. The van der Waals surface area contributed by atoms with Gasteiger partial charge in [0.2, 0.25) is 5.91 Å². The third-order valence-corrected chi connectivity index (χ3v) is 5.72. The van der Waals surface area contributed by atoms with Crippen molar-refractivity contribution in [2.24, 2.45) is 5.92 Å². The van der Waals surface area contributed by atoms with Gasteiger partial charge in [-0.15, -0.1) is 0 Å². The van der Waals surface area contributed by atoms with E-state index in [1.807, 2.05) is 36.4 Å². The number of para-hydroxylation sites is 1. The Labute approximate surface area is 166 Å². The standard InChI is InChI=1S/C24H27N3O/c1-24(2,3)27-15-19(17-9-5-4-6-10-17)20(16-27)23(28)26-21-13-7-11-18-12-8-14-25-22(18)21/h4-14,19-20H,15-16H2,1-3H3,(H,26,28)/t19-,20-/m0/s1. The van der Waals surface area contributed by atoms with E-state index < -0.39 is 0 Å². The smallest absolute Gasteiger partial charge is 0.229 e. The normalized spacial score (nSPS) is 20.4. The number of carbonyl (C=O) groups excluding carboxylic acids is 1. The van der Waals surface area contributed by atoms with E-state index in [-0.39, 0.29) is 23.3 Å². The highest BCUT2D eigenvalue weighted by molar-refractivity contribution is 6.01. The molecule has 28 heavy (non-hydrogen) atoms. The van der Waals surface area contributed by atoms with Gasteiger partial charge in [0.05, 0.1) is 17.1 Å². The van der Waals surface area contributed by atoms with Crippen molar-refractivity contribution in [3.63, 3.8) is 0 Å². The fraction of sp³-hybridized carbons (Fsp3) is 0.333. The van der Waals surface area contributed by atoms with Crippen LogP contribution in [0.25, 0.3) is 10.9 Å². The second-order valence-corrected chi connectivity index (χ2v) is 8.57. The molecule has 0 bridgehead atoms. The Kier molecular flexibility index (Phi) is 4.90. The van der Waals surface area contributed by atoms with Crippen molar-refractivity contribution in [3.05, 3.63) is 72.4 Å². The lowest BCUT2D eigenvalue weighted by molar-refractivity contribution is -0.120. The summed E-state index contributed by atoms with van der Waals surface area (Å²) in [7, 11) is 0. The van der Waals surface area contributed by atoms with Crippen LogP contribution in [0.5, 0.6) is 0 Å². The first kappa shape index (κ1) is 18.6. The van der Waals surface area contributed by atoms with E-state index in [2.05, 4.69) is 60.2 Å². The number of amides is 1. The van der Waals surface area contributed by atoms with Crippen LogP contribution in [0, 0.1) is 5.92 Å². The van der Waals surface area contributed by atoms with Gasteiger partial charge >= 0.3 is 0 Å². The Morgan fingerprint density at radius 1 is 1.00 bits per heavy atom. The molecule has 0 saturated carbocycles. The number of rotatable bonds is 3. The number of fused-ring (bicyclic) bond motifs is 1. The van der Waals surface area contributed by atoms with E-state index in [0.717, 1.165) is 29.7 Å². The van der Waals surface area contributed by atoms with Crippen LogP contribution in [-0.2, 0) is 4.79 Å². The lowest BCUT2D eigenvalue weighted by Crippen LogP contribution is -2.40. The lowest BCUT2D eigenvalue weighted by Gasteiger charge is -2.31. The second-order valence-electron chi connectivity index (χ2n) is 8.57. The highest BCUT2D eigenvalue weighted by Gasteiger charge is 2.42. The van der Waals surface area contributed by atoms with Crippen molar-refractivity contribution < 1.29 is 4.79 Å². The monoisotopic (exact) mass is 373 g/mol. The summed E-state index contributed by atoms with van der Waals surface area (Å²) in [4.78, 5) is 20.2. The van der Waals surface area contributed by atoms with Gasteiger partial charge in [0.1, 0.15) is 0 Å². The molecule has 2 aromatic carbocycles. The molecule has 0 aliphatic carbocycles. The number of benzene rings is 2. The topological polar surface area (TPSA) is 45.2 Å². The molecule has 1 aromatic heterocycles. The van der Waals surface area contributed by atoms with Crippen molar-refractivity contribution in [2.75, 3.05) is 18.4 Å². The number of pyridine rings is 1. The van der Waals surface area contributed by atoms with Gasteiger partial charge in [-0.25, -0.2) is 0 Å². The molecule has 1 saturated heterocycles. The number of aromatic nitrogens is 1. The molecule has 0 unspecified atom stereocenters. The van der Waals surface area contributed by atoms with Gasteiger partial charge in [0.15, 0.2) is 0 Å².